The normalized spacial score (nSPS) is 11.9. The van der Waals surface area contributed by atoms with Crippen molar-refractivity contribution in [3.63, 3.8) is 0 Å². The molecule has 0 fully saturated rings. The van der Waals surface area contributed by atoms with Crippen LogP contribution in [0.2, 0.25) is 5.02 Å². The second-order valence-electron chi connectivity index (χ2n) is 5.71. The smallest absolute Gasteiger partial charge is 0.229 e. The van der Waals surface area contributed by atoms with Gasteiger partial charge < -0.3 is 5.32 Å². The van der Waals surface area contributed by atoms with Gasteiger partial charge in [-0.25, -0.2) is 0 Å². The van der Waals surface area contributed by atoms with Gasteiger partial charge in [0, 0.05) is 11.9 Å². The molecule has 3 rings (SSSR count). The highest BCUT2D eigenvalue weighted by Crippen LogP contribution is 2.21. The van der Waals surface area contributed by atoms with E-state index < -0.39 is 0 Å². The number of hydrogen-bond donors (Lipinski definition) is 1. The lowest BCUT2D eigenvalue weighted by Gasteiger charge is -2.12. The second-order valence-corrected chi connectivity index (χ2v) is 6.15. The van der Waals surface area contributed by atoms with Crippen LogP contribution in [0.3, 0.4) is 0 Å². The Labute approximate surface area is 146 Å². The van der Waals surface area contributed by atoms with Gasteiger partial charge in [-0.2, -0.15) is 5.10 Å². The number of halogens is 1. The largest absolute Gasteiger partial charge is 0.326 e. The monoisotopic (exact) mass is 339 g/mol. The number of benzene rings is 2. The molecular formula is C19H18ClN3O. The van der Waals surface area contributed by atoms with Gasteiger partial charge in [-0.15, -0.1) is 0 Å². The summed E-state index contributed by atoms with van der Waals surface area (Å²) in [5, 5.41) is 7.60. The first-order valence-corrected chi connectivity index (χ1v) is 8.14. The molecule has 5 heteroatoms. The predicted molar refractivity (Wildman–Crippen MR) is 96.9 cm³/mol. The molecule has 1 unspecified atom stereocenters. The third kappa shape index (κ3) is 4.03. The van der Waals surface area contributed by atoms with E-state index in [9.17, 15) is 4.79 Å². The van der Waals surface area contributed by atoms with Gasteiger partial charge in [-0.05, 0) is 23.3 Å². The molecule has 4 nitrogen and oxygen atoms in total. The number of carbonyl (C=O) groups excluding carboxylic acids is 1. The molecule has 1 N–H and O–H groups in total. The topological polar surface area (TPSA) is 46.9 Å². The fourth-order valence-electron chi connectivity index (χ4n) is 2.44. The molecule has 0 aliphatic heterocycles. The molecule has 1 amide bonds. The van der Waals surface area contributed by atoms with Crippen LogP contribution in [0.4, 0.5) is 5.69 Å². The van der Waals surface area contributed by atoms with Crippen molar-refractivity contribution in [1.82, 2.24) is 9.78 Å². The van der Waals surface area contributed by atoms with Crippen LogP contribution in [0.1, 0.15) is 6.92 Å². The molecule has 0 bridgehead atoms. The van der Waals surface area contributed by atoms with Gasteiger partial charge in [0.1, 0.15) is 0 Å². The fourth-order valence-corrected chi connectivity index (χ4v) is 2.60. The Morgan fingerprint density at radius 3 is 2.42 bits per heavy atom. The number of nitrogens with zero attached hydrogens (tertiary/aromatic N) is 2. The van der Waals surface area contributed by atoms with Crippen LogP contribution < -0.4 is 5.32 Å². The van der Waals surface area contributed by atoms with Crippen molar-refractivity contribution in [2.24, 2.45) is 5.92 Å². The number of rotatable bonds is 5. The van der Waals surface area contributed by atoms with E-state index in [-0.39, 0.29) is 11.8 Å². The molecule has 1 aromatic heterocycles. The van der Waals surface area contributed by atoms with Crippen LogP contribution >= 0.6 is 11.6 Å². The molecular weight excluding hydrogens is 322 g/mol. The molecule has 2 aromatic carbocycles. The molecule has 1 atom stereocenters. The minimum Gasteiger partial charge on any atom is -0.326 e. The molecule has 3 aromatic rings. The quantitative estimate of drug-likeness (QED) is 0.745. The molecule has 0 aliphatic carbocycles. The van der Waals surface area contributed by atoms with Crippen molar-refractivity contribution in [3.8, 4) is 11.1 Å². The maximum Gasteiger partial charge on any atom is 0.229 e. The first kappa shape index (κ1) is 16.3. The zero-order chi connectivity index (χ0) is 16.9. The van der Waals surface area contributed by atoms with Gasteiger partial charge in [0.15, 0.2) is 0 Å². The van der Waals surface area contributed by atoms with Crippen LogP contribution in [0.5, 0.6) is 0 Å². The Hall–Kier alpha value is -2.59. The van der Waals surface area contributed by atoms with E-state index in [2.05, 4.69) is 22.5 Å². The maximum atomic E-state index is 12.3. The molecule has 122 valence electrons. The van der Waals surface area contributed by atoms with Crippen molar-refractivity contribution >= 4 is 23.2 Å². The molecule has 0 spiro atoms. The van der Waals surface area contributed by atoms with E-state index in [0.29, 0.717) is 11.6 Å². The summed E-state index contributed by atoms with van der Waals surface area (Å²) in [5.41, 5.74) is 3.05. The highest BCUT2D eigenvalue weighted by Gasteiger charge is 2.14. The Bertz CT molecular complexity index is 812. The van der Waals surface area contributed by atoms with Gasteiger partial charge in [0.05, 0.1) is 23.7 Å². The Morgan fingerprint density at radius 1 is 1.12 bits per heavy atom. The van der Waals surface area contributed by atoms with E-state index in [1.165, 1.54) is 0 Å². The number of amides is 1. The molecule has 0 aliphatic rings. The van der Waals surface area contributed by atoms with Gasteiger partial charge in [-0.1, -0.05) is 61.0 Å². The van der Waals surface area contributed by atoms with Gasteiger partial charge in [-0.3, -0.25) is 9.48 Å². The number of carbonyl (C=O) groups is 1. The first-order chi connectivity index (χ1) is 11.6. The summed E-state index contributed by atoms with van der Waals surface area (Å²) in [5.74, 6) is -0.260. The molecule has 0 radical (unpaired) electrons. The summed E-state index contributed by atoms with van der Waals surface area (Å²) in [7, 11) is 0. The van der Waals surface area contributed by atoms with Crippen LogP contribution in [-0.2, 0) is 11.3 Å². The van der Waals surface area contributed by atoms with E-state index in [1.54, 1.807) is 17.1 Å². The molecule has 0 saturated heterocycles. The van der Waals surface area contributed by atoms with Crippen molar-refractivity contribution in [1.29, 1.82) is 0 Å². The fraction of sp³-hybridized carbons (Fsp3) is 0.158. The summed E-state index contributed by atoms with van der Waals surface area (Å²) < 4.78 is 1.67. The third-order valence-corrected chi connectivity index (χ3v) is 3.96. The highest BCUT2D eigenvalue weighted by atomic mass is 35.5. The molecule has 24 heavy (non-hydrogen) atoms. The summed E-state index contributed by atoms with van der Waals surface area (Å²) in [6, 6.07) is 18.0. The number of hydrogen-bond acceptors (Lipinski definition) is 2. The van der Waals surface area contributed by atoms with Crippen LogP contribution in [0, 0.1) is 5.92 Å². The zero-order valence-corrected chi connectivity index (χ0v) is 14.1. The van der Waals surface area contributed by atoms with Crippen molar-refractivity contribution in [2.75, 3.05) is 5.32 Å². The Kier molecular flexibility index (Phi) is 4.96. The Balaban J connectivity index is 1.62. The third-order valence-electron chi connectivity index (χ3n) is 3.77. The van der Waals surface area contributed by atoms with Gasteiger partial charge in [0.2, 0.25) is 5.91 Å². The first-order valence-electron chi connectivity index (χ1n) is 7.76. The van der Waals surface area contributed by atoms with E-state index in [0.717, 1.165) is 16.8 Å². The highest BCUT2D eigenvalue weighted by molar-refractivity contribution is 6.30. The lowest BCUT2D eigenvalue weighted by molar-refractivity contribution is -0.119. The SMILES string of the molecule is CC(Cn1cc(Cl)cn1)C(=O)Nc1ccc(-c2ccccc2)cc1. The van der Waals surface area contributed by atoms with Crippen LogP contribution in [0.25, 0.3) is 11.1 Å². The van der Waals surface area contributed by atoms with Crippen molar-refractivity contribution in [3.05, 3.63) is 72.0 Å². The summed E-state index contributed by atoms with van der Waals surface area (Å²) in [4.78, 5) is 12.3. The van der Waals surface area contributed by atoms with E-state index in [1.807, 2.05) is 49.4 Å². The van der Waals surface area contributed by atoms with Crippen LogP contribution in [-0.4, -0.2) is 15.7 Å². The van der Waals surface area contributed by atoms with E-state index in [4.69, 9.17) is 11.6 Å². The lowest BCUT2D eigenvalue weighted by Crippen LogP contribution is -2.24. The van der Waals surface area contributed by atoms with Crippen molar-refractivity contribution in [2.45, 2.75) is 13.5 Å². The molecule has 0 saturated carbocycles. The van der Waals surface area contributed by atoms with Crippen molar-refractivity contribution < 1.29 is 4.79 Å². The lowest BCUT2D eigenvalue weighted by atomic mass is 10.1. The maximum absolute atomic E-state index is 12.3. The average molecular weight is 340 g/mol. The minimum absolute atomic E-state index is 0.0471. The number of nitrogens with one attached hydrogen (secondary N) is 1. The molecule has 1 heterocycles. The standard InChI is InChI=1S/C19H18ClN3O/c1-14(12-23-13-17(20)11-21-23)19(24)22-18-9-7-16(8-10-18)15-5-3-2-4-6-15/h2-11,13-14H,12H2,1H3,(H,22,24). The van der Waals surface area contributed by atoms with Gasteiger partial charge in [0.25, 0.3) is 0 Å². The van der Waals surface area contributed by atoms with E-state index >= 15 is 0 Å². The summed E-state index contributed by atoms with van der Waals surface area (Å²) in [6.07, 6.45) is 3.27. The summed E-state index contributed by atoms with van der Waals surface area (Å²) >= 11 is 5.83. The summed E-state index contributed by atoms with van der Waals surface area (Å²) in [6.45, 7) is 2.35. The van der Waals surface area contributed by atoms with Crippen LogP contribution in [0.15, 0.2) is 67.0 Å². The van der Waals surface area contributed by atoms with Gasteiger partial charge >= 0.3 is 0 Å². The minimum atomic E-state index is -0.213. The zero-order valence-electron chi connectivity index (χ0n) is 13.3. The number of aromatic nitrogens is 2. The average Bonchev–Trinajstić information content (AvgIpc) is 3.01. The predicted octanol–water partition coefficient (Wildman–Crippen LogP) is 4.48. The second kappa shape index (κ2) is 7.32. The Morgan fingerprint density at radius 2 is 1.79 bits per heavy atom. The number of anilines is 1.